The Labute approximate surface area is 132 Å². The SMILES string of the molecule is Cc1cc(CC(=O)N2C[C@@H](C(=O)O)[C@H](c3ccccn3)C2)on1. The third-order valence-corrected chi connectivity index (χ3v) is 4.06. The van der Waals surface area contributed by atoms with Crippen LogP contribution < -0.4 is 0 Å². The van der Waals surface area contributed by atoms with Crippen molar-refractivity contribution in [3.05, 3.63) is 47.6 Å². The average molecular weight is 315 g/mol. The minimum absolute atomic E-state index is 0.0854. The Bertz CT molecular complexity index is 713. The highest BCUT2D eigenvalue weighted by Gasteiger charge is 2.41. The zero-order chi connectivity index (χ0) is 16.4. The number of likely N-dealkylation sites (tertiary alicyclic amines) is 1. The molecule has 3 heterocycles. The number of pyridine rings is 1. The molecule has 2 aromatic rings. The summed E-state index contributed by atoms with van der Waals surface area (Å²) in [6.07, 6.45) is 1.72. The molecule has 3 rings (SSSR count). The molecule has 1 aliphatic heterocycles. The highest BCUT2D eigenvalue weighted by Crippen LogP contribution is 2.32. The predicted molar refractivity (Wildman–Crippen MR) is 79.6 cm³/mol. The van der Waals surface area contributed by atoms with Crippen LogP contribution in [0.2, 0.25) is 0 Å². The molecule has 0 aliphatic carbocycles. The molecule has 0 unspecified atom stereocenters. The summed E-state index contributed by atoms with van der Waals surface area (Å²) in [5.74, 6) is -1.53. The van der Waals surface area contributed by atoms with Gasteiger partial charge in [-0.05, 0) is 19.1 Å². The Morgan fingerprint density at radius 2 is 2.22 bits per heavy atom. The van der Waals surface area contributed by atoms with Gasteiger partial charge in [-0.25, -0.2) is 0 Å². The summed E-state index contributed by atoms with van der Waals surface area (Å²) in [7, 11) is 0. The van der Waals surface area contributed by atoms with Crippen molar-refractivity contribution in [2.45, 2.75) is 19.3 Å². The number of amides is 1. The molecule has 0 aromatic carbocycles. The summed E-state index contributed by atoms with van der Waals surface area (Å²) >= 11 is 0. The molecular formula is C16H17N3O4. The van der Waals surface area contributed by atoms with Gasteiger partial charge in [-0.15, -0.1) is 0 Å². The first-order valence-electron chi connectivity index (χ1n) is 7.38. The van der Waals surface area contributed by atoms with E-state index in [4.69, 9.17) is 4.52 Å². The quantitative estimate of drug-likeness (QED) is 0.912. The van der Waals surface area contributed by atoms with E-state index in [9.17, 15) is 14.7 Å². The van der Waals surface area contributed by atoms with Crippen LogP contribution in [0.5, 0.6) is 0 Å². The van der Waals surface area contributed by atoms with Crippen LogP contribution in [-0.2, 0) is 16.0 Å². The maximum atomic E-state index is 12.4. The highest BCUT2D eigenvalue weighted by atomic mass is 16.5. The number of aryl methyl sites for hydroxylation is 1. The fourth-order valence-electron chi connectivity index (χ4n) is 2.91. The molecular weight excluding hydrogens is 298 g/mol. The van der Waals surface area contributed by atoms with Gasteiger partial charge in [0.05, 0.1) is 18.0 Å². The van der Waals surface area contributed by atoms with E-state index in [0.717, 1.165) is 0 Å². The fourth-order valence-corrected chi connectivity index (χ4v) is 2.91. The molecule has 2 atom stereocenters. The van der Waals surface area contributed by atoms with Gasteiger partial charge in [0.1, 0.15) is 5.76 Å². The molecule has 1 saturated heterocycles. The zero-order valence-electron chi connectivity index (χ0n) is 12.7. The molecule has 1 aliphatic rings. The molecule has 7 nitrogen and oxygen atoms in total. The molecule has 0 radical (unpaired) electrons. The number of aromatic nitrogens is 2. The molecule has 1 fully saturated rings. The lowest BCUT2D eigenvalue weighted by Gasteiger charge is -2.15. The molecule has 120 valence electrons. The van der Waals surface area contributed by atoms with Gasteiger partial charge in [0.2, 0.25) is 5.91 Å². The van der Waals surface area contributed by atoms with Gasteiger partial charge in [0.15, 0.2) is 0 Å². The van der Waals surface area contributed by atoms with Crippen molar-refractivity contribution < 1.29 is 19.2 Å². The molecule has 0 bridgehead atoms. The Morgan fingerprint density at radius 3 is 2.83 bits per heavy atom. The smallest absolute Gasteiger partial charge is 0.309 e. The number of hydrogen-bond donors (Lipinski definition) is 1. The number of carboxylic acids is 1. The van der Waals surface area contributed by atoms with Crippen molar-refractivity contribution in [3.8, 4) is 0 Å². The van der Waals surface area contributed by atoms with E-state index in [0.29, 0.717) is 23.7 Å². The molecule has 0 spiro atoms. The molecule has 2 aromatic heterocycles. The lowest BCUT2D eigenvalue weighted by atomic mass is 9.93. The second-order valence-corrected chi connectivity index (χ2v) is 5.72. The second kappa shape index (κ2) is 6.20. The molecule has 7 heteroatoms. The van der Waals surface area contributed by atoms with E-state index in [1.54, 1.807) is 36.2 Å². The van der Waals surface area contributed by atoms with Crippen molar-refractivity contribution in [2.24, 2.45) is 5.92 Å². The van der Waals surface area contributed by atoms with Crippen LogP contribution in [0.15, 0.2) is 35.0 Å². The first-order chi connectivity index (χ1) is 11.0. The van der Waals surface area contributed by atoms with E-state index >= 15 is 0 Å². The standard InChI is InChI=1S/C16H17N3O4/c1-10-6-11(23-18-10)7-15(20)19-8-12(13(9-19)16(21)22)14-4-2-3-5-17-14/h2-6,12-13H,7-9H2,1H3,(H,21,22)/t12-,13-/m1/s1. The monoisotopic (exact) mass is 315 g/mol. The van der Waals surface area contributed by atoms with Gasteiger partial charge >= 0.3 is 5.97 Å². The van der Waals surface area contributed by atoms with Crippen molar-refractivity contribution in [1.82, 2.24) is 15.0 Å². The van der Waals surface area contributed by atoms with Crippen LogP contribution in [0, 0.1) is 12.8 Å². The summed E-state index contributed by atoms with van der Waals surface area (Å²) in [5.41, 5.74) is 1.41. The lowest BCUT2D eigenvalue weighted by Crippen LogP contribution is -2.31. The number of carbonyl (C=O) groups is 2. The minimum atomic E-state index is -0.911. The maximum absolute atomic E-state index is 12.4. The van der Waals surface area contributed by atoms with Gasteiger partial charge in [0, 0.05) is 37.0 Å². The number of aliphatic carboxylic acids is 1. The normalized spacial score (nSPS) is 20.7. The second-order valence-electron chi connectivity index (χ2n) is 5.72. The van der Waals surface area contributed by atoms with Crippen LogP contribution in [-0.4, -0.2) is 45.1 Å². The highest BCUT2D eigenvalue weighted by molar-refractivity contribution is 5.81. The molecule has 1 amide bonds. The van der Waals surface area contributed by atoms with Crippen LogP contribution in [0.25, 0.3) is 0 Å². The third kappa shape index (κ3) is 3.23. The summed E-state index contributed by atoms with van der Waals surface area (Å²) in [4.78, 5) is 29.7. The van der Waals surface area contributed by atoms with E-state index in [-0.39, 0.29) is 24.8 Å². The minimum Gasteiger partial charge on any atom is -0.481 e. The summed E-state index contributed by atoms with van der Waals surface area (Å²) in [5, 5.41) is 13.2. The average Bonchev–Trinajstić information content (AvgIpc) is 3.15. The summed E-state index contributed by atoms with van der Waals surface area (Å²) in [6.45, 7) is 2.31. The van der Waals surface area contributed by atoms with Gasteiger partial charge in [-0.3, -0.25) is 14.6 Å². The van der Waals surface area contributed by atoms with Gasteiger partial charge in [-0.2, -0.15) is 0 Å². The van der Waals surface area contributed by atoms with Crippen LogP contribution in [0.4, 0.5) is 0 Å². The number of hydrogen-bond acceptors (Lipinski definition) is 5. The van der Waals surface area contributed by atoms with E-state index in [1.165, 1.54) is 0 Å². The van der Waals surface area contributed by atoms with E-state index in [1.807, 2.05) is 6.07 Å². The Balaban J connectivity index is 1.74. The van der Waals surface area contributed by atoms with Crippen LogP contribution in [0.3, 0.4) is 0 Å². The van der Waals surface area contributed by atoms with Gasteiger partial charge in [-0.1, -0.05) is 11.2 Å². The van der Waals surface area contributed by atoms with Crippen LogP contribution in [0.1, 0.15) is 23.1 Å². The van der Waals surface area contributed by atoms with Crippen LogP contribution >= 0.6 is 0 Å². The molecule has 23 heavy (non-hydrogen) atoms. The predicted octanol–water partition coefficient (Wildman–Crippen LogP) is 1.25. The van der Waals surface area contributed by atoms with Crippen molar-refractivity contribution in [2.75, 3.05) is 13.1 Å². The third-order valence-electron chi connectivity index (χ3n) is 4.06. The Hall–Kier alpha value is -2.70. The largest absolute Gasteiger partial charge is 0.481 e. The first kappa shape index (κ1) is 15.2. The van der Waals surface area contributed by atoms with E-state index in [2.05, 4.69) is 10.1 Å². The van der Waals surface area contributed by atoms with Crippen molar-refractivity contribution >= 4 is 11.9 Å². The first-order valence-corrected chi connectivity index (χ1v) is 7.38. The zero-order valence-corrected chi connectivity index (χ0v) is 12.7. The van der Waals surface area contributed by atoms with Crippen molar-refractivity contribution in [3.63, 3.8) is 0 Å². The summed E-state index contributed by atoms with van der Waals surface area (Å²) < 4.78 is 5.05. The number of nitrogens with zero attached hydrogens (tertiary/aromatic N) is 3. The molecule has 0 saturated carbocycles. The lowest BCUT2D eigenvalue weighted by molar-refractivity contribution is -0.141. The Kier molecular flexibility index (Phi) is 4.10. The van der Waals surface area contributed by atoms with Gasteiger partial charge in [0.25, 0.3) is 0 Å². The number of carbonyl (C=O) groups excluding carboxylic acids is 1. The number of carboxylic acid groups (broad SMARTS) is 1. The molecule has 1 N–H and O–H groups in total. The van der Waals surface area contributed by atoms with Gasteiger partial charge < -0.3 is 14.5 Å². The number of rotatable bonds is 4. The summed E-state index contributed by atoms with van der Waals surface area (Å²) in [6, 6.07) is 7.11. The topological polar surface area (TPSA) is 96.5 Å². The maximum Gasteiger partial charge on any atom is 0.309 e. The Morgan fingerprint density at radius 1 is 1.39 bits per heavy atom. The fraction of sp³-hybridized carbons (Fsp3) is 0.375. The van der Waals surface area contributed by atoms with Crippen molar-refractivity contribution in [1.29, 1.82) is 0 Å². The van der Waals surface area contributed by atoms with E-state index < -0.39 is 11.9 Å².